The van der Waals surface area contributed by atoms with Gasteiger partial charge in [0.2, 0.25) is 5.91 Å². The van der Waals surface area contributed by atoms with Gasteiger partial charge in [-0.1, -0.05) is 11.6 Å². The maximum atomic E-state index is 11.9. The molecule has 2 rings (SSSR count). The van der Waals surface area contributed by atoms with Crippen molar-refractivity contribution in [2.24, 2.45) is 0 Å². The molecule has 1 heterocycles. The predicted molar refractivity (Wildman–Crippen MR) is 82.2 cm³/mol. The van der Waals surface area contributed by atoms with Crippen LogP contribution < -0.4 is 10.9 Å². The fraction of sp³-hybridized carbons (Fsp3) is 0.0714. The van der Waals surface area contributed by atoms with E-state index < -0.39 is 22.9 Å². The van der Waals surface area contributed by atoms with Gasteiger partial charge in [0.25, 0.3) is 11.2 Å². The number of hydrogen-bond acceptors (Lipinski definition) is 5. The lowest BCUT2D eigenvalue weighted by Gasteiger charge is -2.08. The topological polar surface area (TPSA) is 118 Å². The van der Waals surface area contributed by atoms with Gasteiger partial charge in [-0.15, -0.1) is 0 Å². The third kappa shape index (κ3) is 3.93. The third-order valence-corrected chi connectivity index (χ3v) is 3.18. The van der Waals surface area contributed by atoms with Crippen LogP contribution in [0.4, 0.5) is 11.4 Å². The first-order chi connectivity index (χ1) is 10.9. The van der Waals surface area contributed by atoms with E-state index in [1.807, 2.05) is 6.07 Å². The summed E-state index contributed by atoms with van der Waals surface area (Å²) in [5.74, 6) is -0.562. The monoisotopic (exact) mass is 332 g/mol. The zero-order valence-corrected chi connectivity index (χ0v) is 12.3. The number of carbonyl (C=O) groups excluding carboxylic acids is 1. The number of benzene rings is 1. The van der Waals surface area contributed by atoms with Gasteiger partial charge in [-0.2, -0.15) is 5.26 Å². The summed E-state index contributed by atoms with van der Waals surface area (Å²) < 4.78 is 0.929. The molecule has 0 unspecified atom stereocenters. The average molecular weight is 333 g/mol. The highest BCUT2D eigenvalue weighted by Gasteiger charge is 2.11. The Morgan fingerprint density at radius 2 is 2.13 bits per heavy atom. The summed E-state index contributed by atoms with van der Waals surface area (Å²) in [6, 6.07) is 8.29. The van der Waals surface area contributed by atoms with E-state index >= 15 is 0 Å². The van der Waals surface area contributed by atoms with E-state index in [1.54, 1.807) is 0 Å². The maximum absolute atomic E-state index is 11.9. The van der Waals surface area contributed by atoms with Crippen molar-refractivity contribution in [2.45, 2.75) is 6.54 Å². The first-order valence-corrected chi connectivity index (χ1v) is 6.63. The highest BCUT2D eigenvalue weighted by molar-refractivity contribution is 6.32. The molecule has 1 amide bonds. The molecule has 0 fully saturated rings. The highest BCUT2D eigenvalue weighted by Crippen LogP contribution is 2.20. The molecule has 116 valence electrons. The van der Waals surface area contributed by atoms with E-state index in [1.165, 1.54) is 18.2 Å². The van der Waals surface area contributed by atoms with Gasteiger partial charge in [-0.3, -0.25) is 24.3 Å². The van der Waals surface area contributed by atoms with Crippen LogP contribution in [0.2, 0.25) is 5.02 Å². The van der Waals surface area contributed by atoms with Gasteiger partial charge in [0, 0.05) is 17.8 Å². The molecule has 0 aliphatic heterocycles. The Hall–Kier alpha value is -3.18. The van der Waals surface area contributed by atoms with Crippen molar-refractivity contribution < 1.29 is 9.72 Å². The first kappa shape index (κ1) is 16.2. The lowest BCUT2D eigenvalue weighted by molar-refractivity contribution is -0.385. The summed E-state index contributed by atoms with van der Waals surface area (Å²) in [5.41, 5.74) is -0.223. The minimum Gasteiger partial charge on any atom is -0.324 e. The zero-order chi connectivity index (χ0) is 17.0. The molecule has 9 heteroatoms. The van der Waals surface area contributed by atoms with Gasteiger partial charge in [-0.25, -0.2) is 0 Å². The van der Waals surface area contributed by atoms with Crippen molar-refractivity contribution >= 4 is 28.9 Å². The number of nitro groups is 1. The third-order valence-electron chi connectivity index (χ3n) is 2.87. The Labute approximate surface area is 134 Å². The van der Waals surface area contributed by atoms with E-state index in [2.05, 4.69) is 5.32 Å². The Kier molecular flexibility index (Phi) is 4.73. The summed E-state index contributed by atoms with van der Waals surface area (Å²) in [6.07, 6.45) is 0.994. The van der Waals surface area contributed by atoms with E-state index in [0.29, 0.717) is 5.69 Å². The number of nitriles is 1. The molecule has 0 saturated carbocycles. The van der Waals surface area contributed by atoms with Gasteiger partial charge < -0.3 is 5.32 Å². The Morgan fingerprint density at radius 3 is 2.74 bits per heavy atom. The van der Waals surface area contributed by atoms with Crippen LogP contribution in [0.25, 0.3) is 0 Å². The standard InChI is InChI=1S/C14H9ClN4O4/c15-12-5-10(2-1-9(12)6-16)17-13(20)8-18-7-11(19(22)23)3-4-14(18)21/h1-5,7H,8H2,(H,17,20). The Bertz CT molecular complexity index is 885. The summed E-state index contributed by atoms with van der Waals surface area (Å²) in [4.78, 5) is 33.6. The van der Waals surface area contributed by atoms with Gasteiger partial charge in [0.05, 0.1) is 21.7 Å². The molecule has 8 nitrogen and oxygen atoms in total. The van der Waals surface area contributed by atoms with Crippen LogP contribution >= 0.6 is 11.6 Å². The van der Waals surface area contributed by atoms with Crippen molar-refractivity contribution in [1.29, 1.82) is 5.26 Å². The number of aromatic nitrogens is 1. The number of rotatable bonds is 4. The Balaban J connectivity index is 2.15. The van der Waals surface area contributed by atoms with Gasteiger partial charge >= 0.3 is 0 Å². The minimum atomic E-state index is -0.658. The number of carbonyl (C=O) groups is 1. The quantitative estimate of drug-likeness (QED) is 0.677. The lowest BCUT2D eigenvalue weighted by Crippen LogP contribution is -2.26. The molecule has 2 aromatic rings. The Morgan fingerprint density at radius 1 is 1.39 bits per heavy atom. The molecule has 0 aliphatic carbocycles. The molecular weight excluding hydrogens is 324 g/mol. The largest absolute Gasteiger partial charge is 0.324 e. The van der Waals surface area contributed by atoms with Crippen LogP contribution in [0.1, 0.15) is 5.56 Å². The number of nitrogens with one attached hydrogen (secondary N) is 1. The first-order valence-electron chi connectivity index (χ1n) is 6.25. The second-order valence-electron chi connectivity index (χ2n) is 4.47. The van der Waals surface area contributed by atoms with Gasteiger partial charge in [0.15, 0.2) is 0 Å². The fourth-order valence-corrected chi connectivity index (χ4v) is 2.01. The van der Waals surface area contributed by atoms with Gasteiger partial charge in [-0.05, 0) is 18.2 Å². The number of amides is 1. The van der Waals surface area contributed by atoms with Gasteiger partial charge in [0.1, 0.15) is 12.6 Å². The van der Waals surface area contributed by atoms with Crippen molar-refractivity contribution in [3.05, 3.63) is 67.6 Å². The summed E-state index contributed by atoms with van der Waals surface area (Å²) in [5, 5.41) is 22.1. The van der Waals surface area contributed by atoms with Crippen LogP contribution in [0, 0.1) is 21.4 Å². The van der Waals surface area contributed by atoms with E-state index in [-0.39, 0.29) is 16.3 Å². The second-order valence-corrected chi connectivity index (χ2v) is 4.87. The molecule has 0 saturated heterocycles. The maximum Gasteiger partial charge on any atom is 0.285 e. The molecule has 0 atom stereocenters. The second kappa shape index (κ2) is 6.72. The number of halogens is 1. The van der Waals surface area contributed by atoms with Crippen molar-refractivity contribution in [2.75, 3.05) is 5.32 Å². The van der Waals surface area contributed by atoms with Crippen molar-refractivity contribution in [3.8, 4) is 6.07 Å². The van der Waals surface area contributed by atoms with Crippen LogP contribution in [0.5, 0.6) is 0 Å². The van der Waals surface area contributed by atoms with Crippen LogP contribution in [-0.2, 0) is 11.3 Å². The molecule has 1 N–H and O–H groups in total. The lowest BCUT2D eigenvalue weighted by atomic mass is 10.2. The minimum absolute atomic E-state index is 0.179. The molecule has 0 spiro atoms. The van der Waals surface area contributed by atoms with Crippen molar-refractivity contribution in [1.82, 2.24) is 4.57 Å². The fourth-order valence-electron chi connectivity index (χ4n) is 1.79. The molecule has 23 heavy (non-hydrogen) atoms. The normalized spacial score (nSPS) is 9.91. The van der Waals surface area contributed by atoms with Crippen LogP contribution in [0.15, 0.2) is 41.3 Å². The van der Waals surface area contributed by atoms with E-state index in [9.17, 15) is 19.7 Å². The number of anilines is 1. The smallest absolute Gasteiger partial charge is 0.285 e. The molecule has 0 bridgehead atoms. The van der Waals surface area contributed by atoms with Crippen LogP contribution in [-0.4, -0.2) is 15.4 Å². The van der Waals surface area contributed by atoms with Crippen molar-refractivity contribution in [3.63, 3.8) is 0 Å². The predicted octanol–water partition coefficient (Wildman–Crippen LogP) is 1.92. The van der Waals surface area contributed by atoms with E-state index in [0.717, 1.165) is 22.9 Å². The number of nitrogens with zero attached hydrogens (tertiary/aromatic N) is 3. The summed E-state index contributed by atoms with van der Waals surface area (Å²) >= 11 is 5.85. The van der Waals surface area contributed by atoms with E-state index in [4.69, 9.17) is 16.9 Å². The molecule has 1 aromatic carbocycles. The SMILES string of the molecule is N#Cc1ccc(NC(=O)Cn2cc([N+](=O)[O-])ccc2=O)cc1Cl. The summed E-state index contributed by atoms with van der Waals surface area (Å²) in [7, 11) is 0. The molecule has 1 aromatic heterocycles. The molecular formula is C14H9ClN4O4. The highest BCUT2D eigenvalue weighted by atomic mass is 35.5. The average Bonchev–Trinajstić information content (AvgIpc) is 2.49. The molecule has 0 aliphatic rings. The van der Waals surface area contributed by atoms with Crippen LogP contribution in [0.3, 0.4) is 0 Å². The number of hydrogen-bond donors (Lipinski definition) is 1. The molecule has 0 radical (unpaired) electrons. The number of pyridine rings is 1. The summed E-state index contributed by atoms with van der Waals surface area (Å²) in [6.45, 7) is -0.391. The zero-order valence-electron chi connectivity index (χ0n) is 11.5.